The third-order valence-electron chi connectivity index (χ3n) is 5.24. The molecule has 2 saturated heterocycles. The fraction of sp³-hybridized carbons (Fsp3) is 0.500. The van der Waals surface area contributed by atoms with Crippen LogP contribution in [0.4, 0.5) is 4.39 Å². The first-order valence-corrected chi connectivity index (χ1v) is 10.0. The maximum atomic E-state index is 13.6. The van der Waals surface area contributed by atoms with Crippen LogP contribution in [0.1, 0.15) is 31.4 Å². The highest BCUT2D eigenvalue weighted by atomic mass is 35.5. The largest absolute Gasteiger partial charge is 0.463 e. The summed E-state index contributed by atoms with van der Waals surface area (Å²) in [7, 11) is 0. The molecule has 0 amide bonds. The Bertz CT molecular complexity index is 836. The van der Waals surface area contributed by atoms with E-state index in [1.54, 1.807) is 13.0 Å². The van der Waals surface area contributed by atoms with Crippen molar-refractivity contribution in [3.8, 4) is 0 Å². The molecule has 0 aliphatic carbocycles. The molecule has 0 saturated carbocycles. The number of rotatable bonds is 3. The molecule has 0 bridgehead atoms. The third-order valence-corrected chi connectivity index (χ3v) is 5.57. The number of morpholine rings is 1. The van der Waals surface area contributed by atoms with Crippen LogP contribution in [-0.4, -0.2) is 61.2 Å². The molecule has 1 unspecified atom stereocenters. The highest BCUT2D eigenvalue weighted by Gasteiger charge is 2.40. The van der Waals surface area contributed by atoms with Crippen LogP contribution in [0.2, 0.25) is 5.02 Å². The minimum absolute atomic E-state index is 0.254. The van der Waals surface area contributed by atoms with E-state index in [-0.39, 0.29) is 17.6 Å². The molecule has 1 aromatic carbocycles. The van der Waals surface area contributed by atoms with Crippen LogP contribution in [0.25, 0.3) is 0 Å². The van der Waals surface area contributed by atoms with Crippen molar-refractivity contribution in [2.24, 2.45) is 4.99 Å². The van der Waals surface area contributed by atoms with E-state index in [0.29, 0.717) is 24.4 Å². The van der Waals surface area contributed by atoms with E-state index in [4.69, 9.17) is 26.1 Å². The van der Waals surface area contributed by atoms with E-state index in [1.807, 2.05) is 0 Å². The van der Waals surface area contributed by atoms with Gasteiger partial charge in [0.05, 0.1) is 25.4 Å². The summed E-state index contributed by atoms with van der Waals surface area (Å²) in [5.41, 5.74) is 2.04. The van der Waals surface area contributed by atoms with Crippen molar-refractivity contribution in [1.29, 1.82) is 0 Å². The summed E-state index contributed by atoms with van der Waals surface area (Å²) < 4.78 is 24.4. The first-order chi connectivity index (χ1) is 13.6. The quantitative estimate of drug-likeness (QED) is 0.720. The van der Waals surface area contributed by atoms with Crippen LogP contribution in [0.3, 0.4) is 0 Å². The average molecular weight is 408 g/mol. The topological polar surface area (TPSA) is 54.4 Å². The number of aliphatic imine (C=N–C) groups is 1. The van der Waals surface area contributed by atoms with Gasteiger partial charge in [0.1, 0.15) is 11.9 Å². The van der Waals surface area contributed by atoms with E-state index in [9.17, 15) is 9.18 Å². The smallest absolute Gasteiger partial charge is 0.338 e. The number of benzene rings is 1. The van der Waals surface area contributed by atoms with Crippen LogP contribution in [-0.2, 0) is 14.3 Å². The highest BCUT2D eigenvalue weighted by molar-refractivity contribution is 6.31. The van der Waals surface area contributed by atoms with Crippen molar-refractivity contribution in [2.45, 2.75) is 25.8 Å². The second-order valence-electron chi connectivity index (χ2n) is 6.93. The van der Waals surface area contributed by atoms with Gasteiger partial charge in [-0.2, -0.15) is 0 Å². The van der Waals surface area contributed by atoms with Crippen LogP contribution >= 0.6 is 11.6 Å². The Balaban J connectivity index is 1.82. The number of carbonyl (C=O) groups excluding carboxylic acids is 1. The first-order valence-electron chi connectivity index (χ1n) is 9.63. The zero-order valence-electron chi connectivity index (χ0n) is 15.8. The Morgan fingerprint density at radius 2 is 2.14 bits per heavy atom. The van der Waals surface area contributed by atoms with E-state index >= 15 is 0 Å². The maximum absolute atomic E-state index is 13.6. The Morgan fingerprint density at radius 1 is 1.36 bits per heavy atom. The molecule has 0 radical (unpaired) electrons. The van der Waals surface area contributed by atoms with Gasteiger partial charge in [0.15, 0.2) is 0 Å². The Labute approximate surface area is 168 Å². The van der Waals surface area contributed by atoms with Gasteiger partial charge in [-0.1, -0.05) is 17.7 Å². The third kappa shape index (κ3) is 3.49. The number of esters is 1. The van der Waals surface area contributed by atoms with Gasteiger partial charge >= 0.3 is 5.97 Å². The van der Waals surface area contributed by atoms with Crippen LogP contribution in [0.5, 0.6) is 0 Å². The molecule has 2 fully saturated rings. The lowest BCUT2D eigenvalue weighted by Gasteiger charge is -2.39. The maximum Gasteiger partial charge on any atom is 0.338 e. The molecule has 0 aromatic heterocycles. The molecular weight excluding hydrogens is 385 g/mol. The SMILES string of the molecule is CCOC(=O)C1=C2CCCN2C(N2CCOCC2)=NC1c1ccc(F)cc1Cl. The van der Waals surface area contributed by atoms with E-state index in [0.717, 1.165) is 44.1 Å². The van der Waals surface area contributed by atoms with E-state index in [1.165, 1.54) is 12.1 Å². The average Bonchev–Trinajstić information content (AvgIpc) is 3.17. The summed E-state index contributed by atoms with van der Waals surface area (Å²) in [6.07, 6.45) is 1.71. The van der Waals surface area contributed by atoms with Gasteiger partial charge in [-0.15, -0.1) is 0 Å². The number of carbonyl (C=O) groups is 1. The number of ether oxygens (including phenoxy) is 2. The van der Waals surface area contributed by atoms with Gasteiger partial charge in [-0.3, -0.25) is 0 Å². The molecule has 0 N–H and O–H groups in total. The molecule has 3 aliphatic rings. The Morgan fingerprint density at radius 3 is 2.86 bits per heavy atom. The van der Waals surface area contributed by atoms with Crippen LogP contribution in [0, 0.1) is 5.82 Å². The number of fused-ring (bicyclic) bond motifs is 1. The molecule has 3 aliphatic heterocycles. The molecule has 4 rings (SSSR count). The summed E-state index contributed by atoms with van der Waals surface area (Å²) in [5, 5.41) is 0.254. The molecule has 150 valence electrons. The monoisotopic (exact) mass is 407 g/mol. The van der Waals surface area contributed by atoms with Crippen molar-refractivity contribution in [3.63, 3.8) is 0 Å². The number of hydrogen-bond acceptors (Lipinski definition) is 6. The molecule has 28 heavy (non-hydrogen) atoms. The molecular formula is C20H23ClFN3O3. The molecule has 3 heterocycles. The molecule has 1 aromatic rings. The second-order valence-corrected chi connectivity index (χ2v) is 7.34. The summed E-state index contributed by atoms with van der Waals surface area (Å²) >= 11 is 6.36. The van der Waals surface area contributed by atoms with E-state index < -0.39 is 11.9 Å². The Hall–Kier alpha value is -2.12. The summed E-state index contributed by atoms with van der Waals surface area (Å²) in [4.78, 5) is 22.1. The second kappa shape index (κ2) is 8.09. The molecule has 6 nitrogen and oxygen atoms in total. The molecule has 8 heteroatoms. The number of guanidine groups is 1. The molecule has 1 atom stereocenters. The number of allylic oxidation sites excluding steroid dienone is 1. The van der Waals surface area contributed by atoms with Gasteiger partial charge in [-0.05, 0) is 31.9 Å². The van der Waals surface area contributed by atoms with Crippen LogP contribution in [0.15, 0.2) is 34.5 Å². The summed E-state index contributed by atoms with van der Waals surface area (Å²) in [6, 6.07) is 3.59. The van der Waals surface area contributed by atoms with Crippen molar-refractivity contribution in [3.05, 3.63) is 45.9 Å². The predicted molar refractivity (Wildman–Crippen MR) is 104 cm³/mol. The number of hydrogen-bond donors (Lipinski definition) is 0. The normalized spacial score (nSPS) is 22.2. The van der Waals surface area contributed by atoms with Crippen molar-refractivity contribution in [1.82, 2.24) is 9.80 Å². The predicted octanol–water partition coefficient (Wildman–Crippen LogP) is 3.14. The lowest BCUT2D eigenvalue weighted by Crippen LogP contribution is -2.50. The standard InChI is InChI=1S/C20H23ClFN3O3/c1-2-28-19(26)17-16-4-3-7-25(16)20(24-8-10-27-11-9-24)23-18(17)14-6-5-13(22)12-15(14)21/h5-6,12,18H,2-4,7-11H2,1H3. The van der Waals surface area contributed by atoms with Crippen molar-refractivity contribution < 1.29 is 18.7 Å². The van der Waals surface area contributed by atoms with Gasteiger partial charge in [0, 0.05) is 35.9 Å². The summed E-state index contributed by atoms with van der Waals surface area (Å²) in [6.45, 7) is 5.61. The molecule has 0 spiro atoms. The van der Waals surface area contributed by atoms with Crippen molar-refractivity contribution >= 4 is 23.5 Å². The van der Waals surface area contributed by atoms with Gasteiger partial charge in [0.25, 0.3) is 0 Å². The van der Waals surface area contributed by atoms with Crippen LogP contribution < -0.4 is 0 Å². The minimum Gasteiger partial charge on any atom is -0.463 e. The zero-order valence-corrected chi connectivity index (χ0v) is 16.5. The lowest BCUT2D eigenvalue weighted by molar-refractivity contribution is -0.139. The first kappa shape index (κ1) is 19.2. The fourth-order valence-corrected chi connectivity index (χ4v) is 4.26. The van der Waals surface area contributed by atoms with E-state index in [2.05, 4.69) is 9.80 Å². The number of nitrogens with zero attached hydrogens (tertiary/aromatic N) is 3. The van der Waals surface area contributed by atoms with Gasteiger partial charge in [0.2, 0.25) is 5.96 Å². The zero-order chi connectivity index (χ0) is 19.7. The summed E-state index contributed by atoms with van der Waals surface area (Å²) in [5.74, 6) is 0.0172. The minimum atomic E-state index is -0.616. The highest BCUT2D eigenvalue weighted by Crippen LogP contribution is 2.41. The van der Waals surface area contributed by atoms with Gasteiger partial charge in [-0.25, -0.2) is 14.2 Å². The Kier molecular flexibility index (Phi) is 5.55. The van der Waals surface area contributed by atoms with Crippen molar-refractivity contribution in [2.75, 3.05) is 39.5 Å². The van der Waals surface area contributed by atoms with Gasteiger partial charge < -0.3 is 19.3 Å². The lowest BCUT2D eigenvalue weighted by atomic mass is 9.95. The fourth-order valence-electron chi connectivity index (χ4n) is 3.99. The number of halogens is 2.